The van der Waals surface area contributed by atoms with Crippen molar-refractivity contribution in [3.8, 4) is 0 Å². The monoisotopic (exact) mass is 255 g/mol. The average Bonchev–Trinajstić information content (AvgIpc) is 2.98. The number of fused-ring (bicyclic) bond motifs is 2. The molecule has 0 radical (unpaired) electrons. The van der Waals surface area contributed by atoms with E-state index in [4.69, 9.17) is 0 Å². The fourth-order valence-corrected chi connectivity index (χ4v) is 3.88. The van der Waals surface area contributed by atoms with E-state index in [1.165, 1.54) is 36.1 Å². The molecule has 0 spiro atoms. The van der Waals surface area contributed by atoms with Gasteiger partial charge in [0, 0.05) is 6.04 Å². The molecule has 1 nitrogen and oxygen atoms in total. The quantitative estimate of drug-likeness (QED) is 0.796. The SMILES string of the molecule is Cc1ccc(C(C)NCC2CC3C=CC2C3)c(C)c1. The van der Waals surface area contributed by atoms with E-state index < -0.39 is 0 Å². The Bertz CT molecular complexity index is 488. The van der Waals surface area contributed by atoms with Crippen molar-refractivity contribution >= 4 is 0 Å². The second kappa shape index (κ2) is 5.13. The Kier molecular flexibility index (Phi) is 3.49. The highest BCUT2D eigenvalue weighted by Crippen LogP contribution is 2.43. The highest BCUT2D eigenvalue weighted by atomic mass is 14.9. The normalized spacial score (nSPS) is 29.9. The summed E-state index contributed by atoms with van der Waals surface area (Å²) in [5.74, 6) is 2.60. The van der Waals surface area contributed by atoms with Crippen molar-refractivity contribution in [1.29, 1.82) is 0 Å². The summed E-state index contributed by atoms with van der Waals surface area (Å²) in [5.41, 5.74) is 4.21. The molecule has 0 saturated heterocycles. The number of nitrogens with one attached hydrogen (secondary N) is 1. The molecule has 2 aliphatic rings. The van der Waals surface area contributed by atoms with Crippen LogP contribution in [0.4, 0.5) is 0 Å². The lowest BCUT2D eigenvalue weighted by molar-refractivity contribution is 0.393. The first-order valence-electron chi connectivity index (χ1n) is 7.62. The summed E-state index contributed by atoms with van der Waals surface area (Å²) in [4.78, 5) is 0. The Morgan fingerprint density at radius 1 is 1.21 bits per heavy atom. The highest BCUT2D eigenvalue weighted by molar-refractivity contribution is 5.32. The van der Waals surface area contributed by atoms with Crippen molar-refractivity contribution in [3.05, 3.63) is 47.0 Å². The van der Waals surface area contributed by atoms with Gasteiger partial charge in [0.1, 0.15) is 0 Å². The summed E-state index contributed by atoms with van der Waals surface area (Å²) in [6.45, 7) is 7.85. The molecular formula is C18H25N. The minimum Gasteiger partial charge on any atom is -0.310 e. The first-order valence-corrected chi connectivity index (χ1v) is 7.62. The van der Waals surface area contributed by atoms with Gasteiger partial charge in [-0.05, 0) is 69.0 Å². The molecular weight excluding hydrogens is 230 g/mol. The van der Waals surface area contributed by atoms with Crippen LogP contribution in [0.5, 0.6) is 0 Å². The van der Waals surface area contributed by atoms with E-state index in [1.807, 2.05) is 0 Å². The molecule has 0 aromatic heterocycles. The van der Waals surface area contributed by atoms with Crippen LogP contribution in [0.1, 0.15) is 42.5 Å². The van der Waals surface area contributed by atoms with Crippen molar-refractivity contribution in [2.45, 2.75) is 39.7 Å². The van der Waals surface area contributed by atoms with Crippen LogP contribution >= 0.6 is 0 Å². The minimum atomic E-state index is 0.462. The Labute approximate surface area is 117 Å². The zero-order chi connectivity index (χ0) is 13.4. The first-order chi connectivity index (χ1) is 9.13. The van der Waals surface area contributed by atoms with Gasteiger partial charge < -0.3 is 5.32 Å². The fraction of sp³-hybridized carbons (Fsp3) is 0.556. The maximum Gasteiger partial charge on any atom is 0.0294 e. The molecule has 4 atom stereocenters. The summed E-state index contributed by atoms with van der Waals surface area (Å²) < 4.78 is 0. The Morgan fingerprint density at radius 2 is 2.05 bits per heavy atom. The van der Waals surface area contributed by atoms with Gasteiger partial charge in [-0.3, -0.25) is 0 Å². The van der Waals surface area contributed by atoms with Crippen molar-refractivity contribution in [3.63, 3.8) is 0 Å². The van der Waals surface area contributed by atoms with Gasteiger partial charge in [-0.15, -0.1) is 0 Å². The van der Waals surface area contributed by atoms with Gasteiger partial charge in [-0.2, -0.15) is 0 Å². The van der Waals surface area contributed by atoms with Gasteiger partial charge in [0.2, 0.25) is 0 Å². The van der Waals surface area contributed by atoms with Crippen LogP contribution in [0.2, 0.25) is 0 Å². The maximum atomic E-state index is 3.75. The zero-order valence-electron chi connectivity index (χ0n) is 12.3. The van der Waals surface area contributed by atoms with Crippen LogP contribution < -0.4 is 5.32 Å². The van der Waals surface area contributed by atoms with Crippen molar-refractivity contribution < 1.29 is 0 Å². The predicted molar refractivity (Wildman–Crippen MR) is 81.2 cm³/mol. The molecule has 1 aromatic carbocycles. The lowest BCUT2D eigenvalue weighted by Crippen LogP contribution is -2.28. The third kappa shape index (κ3) is 2.62. The molecule has 102 valence electrons. The third-order valence-electron chi connectivity index (χ3n) is 4.99. The van der Waals surface area contributed by atoms with Gasteiger partial charge in [0.05, 0.1) is 0 Å². The smallest absolute Gasteiger partial charge is 0.0294 e. The standard InChI is InChI=1S/C18H25N/c1-12-4-7-18(13(2)8-12)14(3)19-11-17-10-15-5-6-16(17)9-15/h4-8,14-17,19H,9-11H2,1-3H3. The summed E-state index contributed by atoms with van der Waals surface area (Å²) in [7, 11) is 0. The molecule has 0 amide bonds. The summed E-state index contributed by atoms with van der Waals surface area (Å²) in [6.07, 6.45) is 7.68. The van der Waals surface area contributed by atoms with E-state index in [0.29, 0.717) is 6.04 Å². The molecule has 1 fully saturated rings. The average molecular weight is 255 g/mol. The van der Waals surface area contributed by atoms with Gasteiger partial charge in [-0.25, -0.2) is 0 Å². The molecule has 0 heterocycles. The van der Waals surface area contributed by atoms with E-state index in [0.717, 1.165) is 17.8 Å². The Balaban J connectivity index is 1.59. The van der Waals surface area contributed by atoms with E-state index in [2.05, 4.69) is 56.4 Å². The molecule has 1 heteroatoms. The molecule has 4 unspecified atom stereocenters. The Hall–Kier alpha value is -1.08. The topological polar surface area (TPSA) is 12.0 Å². The molecule has 2 aliphatic carbocycles. The van der Waals surface area contributed by atoms with E-state index in [-0.39, 0.29) is 0 Å². The number of aryl methyl sites for hydroxylation is 2. The predicted octanol–water partition coefficient (Wildman–Crippen LogP) is 4.17. The lowest BCUT2D eigenvalue weighted by Gasteiger charge is -2.23. The Morgan fingerprint density at radius 3 is 2.68 bits per heavy atom. The van der Waals surface area contributed by atoms with Crippen LogP contribution in [0.25, 0.3) is 0 Å². The second-order valence-corrected chi connectivity index (χ2v) is 6.53. The lowest BCUT2D eigenvalue weighted by atomic mass is 9.93. The largest absolute Gasteiger partial charge is 0.310 e. The molecule has 1 aromatic rings. The van der Waals surface area contributed by atoms with E-state index in [9.17, 15) is 0 Å². The highest BCUT2D eigenvalue weighted by Gasteiger charge is 2.35. The van der Waals surface area contributed by atoms with Crippen LogP contribution in [0, 0.1) is 31.6 Å². The van der Waals surface area contributed by atoms with Crippen LogP contribution in [0.3, 0.4) is 0 Å². The van der Waals surface area contributed by atoms with Crippen molar-refractivity contribution in [1.82, 2.24) is 5.32 Å². The molecule has 19 heavy (non-hydrogen) atoms. The van der Waals surface area contributed by atoms with Gasteiger partial charge in [0.25, 0.3) is 0 Å². The summed E-state index contributed by atoms with van der Waals surface area (Å²) >= 11 is 0. The number of hydrogen-bond donors (Lipinski definition) is 1. The fourth-order valence-electron chi connectivity index (χ4n) is 3.88. The second-order valence-electron chi connectivity index (χ2n) is 6.53. The number of rotatable bonds is 4. The van der Waals surface area contributed by atoms with Gasteiger partial charge >= 0.3 is 0 Å². The number of benzene rings is 1. The zero-order valence-corrected chi connectivity index (χ0v) is 12.3. The van der Waals surface area contributed by atoms with E-state index >= 15 is 0 Å². The molecule has 3 rings (SSSR count). The van der Waals surface area contributed by atoms with E-state index in [1.54, 1.807) is 0 Å². The molecule has 0 aliphatic heterocycles. The number of hydrogen-bond acceptors (Lipinski definition) is 1. The minimum absolute atomic E-state index is 0.462. The van der Waals surface area contributed by atoms with Crippen molar-refractivity contribution in [2.75, 3.05) is 6.54 Å². The molecule has 1 N–H and O–H groups in total. The van der Waals surface area contributed by atoms with Gasteiger partial charge in [-0.1, -0.05) is 35.9 Å². The van der Waals surface area contributed by atoms with Crippen LogP contribution in [0.15, 0.2) is 30.4 Å². The molecule has 1 saturated carbocycles. The van der Waals surface area contributed by atoms with Crippen LogP contribution in [-0.4, -0.2) is 6.54 Å². The summed E-state index contributed by atoms with van der Waals surface area (Å²) in [5, 5.41) is 3.75. The number of allylic oxidation sites excluding steroid dienone is 2. The van der Waals surface area contributed by atoms with Crippen LogP contribution in [-0.2, 0) is 0 Å². The summed E-state index contributed by atoms with van der Waals surface area (Å²) in [6, 6.07) is 7.25. The third-order valence-corrected chi connectivity index (χ3v) is 4.99. The maximum absolute atomic E-state index is 3.75. The van der Waals surface area contributed by atoms with Gasteiger partial charge in [0.15, 0.2) is 0 Å². The first kappa shape index (κ1) is 12.9. The molecule has 2 bridgehead atoms. The van der Waals surface area contributed by atoms with Crippen molar-refractivity contribution in [2.24, 2.45) is 17.8 Å².